The Hall–Kier alpha value is -2.95. The van der Waals surface area contributed by atoms with Gasteiger partial charge < -0.3 is 10.0 Å². The maximum atomic E-state index is 12.9. The summed E-state index contributed by atoms with van der Waals surface area (Å²) in [4.78, 5) is 37.7. The Morgan fingerprint density at radius 1 is 0.962 bits per heavy atom. The number of aliphatic carboxylic acids is 1. The predicted molar refractivity (Wildman–Crippen MR) is 99.6 cm³/mol. The monoisotopic (exact) mass is 353 g/mol. The highest BCUT2D eigenvalue weighted by atomic mass is 16.4. The van der Waals surface area contributed by atoms with E-state index < -0.39 is 5.97 Å². The molecule has 5 nitrogen and oxygen atoms in total. The van der Waals surface area contributed by atoms with E-state index in [2.05, 4.69) is 0 Å². The fraction of sp³-hybridized carbons (Fsp3) is 0.286. The molecule has 0 aromatic heterocycles. The minimum Gasteiger partial charge on any atom is -0.481 e. The highest BCUT2D eigenvalue weighted by Crippen LogP contribution is 2.18. The van der Waals surface area contributed by atoms with E-state index in [1.54, 1.807) is 37.4 Å². The van der Waals surface area contributed by atoms with E-state index in [4.69, 9.17) is 5.11 Å². The Kier molecular flexibility index (Phi) is 6.28. The summed E-state index contributed by atoms with van der Waals surface area (Å²) in [6, 6.07) is 12.2. The number of ketones is 1. The van der Waals surface area contributed by atoms with Crippen molar-refractivity contribution in [2.24, 2.45) is 0 Å². The van der Waals surface area contributed by atoms with Gasteiger partial charge >= 0.3 is 5.97 Å². The molecule has 2 aromatic carbocycles. The van der Waals surface area contributed by atoms with Crippen molar-refractivity contribution in [3.8, 4) is 0 Å². The average Bonchev–Trinajstić information content (AvgIpc) is 2.62. The Balaban J connectivity index is 2.26. The molecule has 0 aliphatic heterocycles. The van der Waals surface area contributed by atoms with Crippen molar-refractivity contribution in [3.05, 3.63) is 70.3 Å². The molecule has 0 saturated carbocycles. The molecule has 26 heavy (non-hydrogen) atoms. The van der Waals surface area contributed by atoms with Crippen LogP contribution in [-0.4, -0.2) is 41.3 Å². The minimum absolute atomic E-state index is 0.000834. The maximum absolute atomic E-state index is 12.9. The predicted octanol–water partition coefficient (Wildman–Crippen LogP) is 3.47. The first-order valence-corrected chi connectivity index (χ1v) is 8.49. The van der Waals surface area contributed by atoms with Gasteiger partial charge in [-0.05, 0) is 43.5 Å². The molecule has 0 aliphatic rings. The van der Waals surface area contributed by atoms with Crippen LogP contribution in [0.4, 0.5) is 0 Å². The molecule has 1 N–H and O–H groups in total. The lowest BCUT2D eigenvalue weighted by atomic mass is 9.95. The van der Waals surface area contributed by atoms with Crippen molar-refractivity contribution in [1.82, 2.24) is 4.90 Å². The van der Waals surface area contributed by atoms with Gasteiger partial charge in [0.2, 0.25) is 0 Å². The van der Waals surface area contributed by atoms with Gasteiger partial charge in [-0.1, -0.05) is 30.3 Å². The number of carboxylic acid groups (broad SMARTS) is 1. The number of amides is 1. The maximum Gasteiger partial charge on any atom is 0.303 e. The van der Waals surface area contributed by atoms with Gasteiger partial charge in [-0.3, -0.25) is 14.4 Å². The van der Waals surface area contributed by atoms with Gasteiger partial charge in [-0.15, -0.1) is 0 Å². The lowest BCUT2D eigenvalue weighted by molar-refractivity contribution is -0.137. The molecule has 0 radical (unpaired) electrons. The molecule has 1 amide bonds. The van der Waals surface area contributed by atoms with Crippen LogP contribution in [0.5, 0.6) is 0 Å². The van der Waals surface area contributed by atoms with Crippen molar-refractivity contribution in [1.29, 1.82) is 0 Å². The molecule has 0 atom stereocenters. The Morgan fingerprint density at radius 3 is 2.23 bits per heavy atom. The second-order valence-electron chi connectivity index (χ2n) is 6.40. The molecule has 0 unspecified atom stereocenters. The van der Waals surface area contributed by atoms with Gasteiger partial charge in [0.1, 0.15) is 0 Å². The highest BCUT2D eigenvalue weighted by molar-refractivity contribution is 6.15. The molecule has 0 spiro atoms. The first kappa shape index (κ1) is 19.4. The second-order valence-corrected chi connectivity index (χ2v) is 6.40. The lowest BCUT2D eigenvalue weighted by Crippen LogP contribution is -2.29. The molecule has 0 bridgehead atoms. The van der Waals surface area contributed by atoms with Gasteiger partial charge in [0.05, 0.1) is 5.56 Å². The van der Waals surface area contributed by atoms with Crippen LogP contribution in [0.3, 0.4) is 0 Å². The zero-order valence-corrected chi connectivity index (χ0v) is 15.3. The van der Waals surface area contributed by atoms with Crippen LogP contribution in [0.25, 0.3) is 0 Å². The molecule has 2 aromatic rings. The minimum atomic E-state index is -0.892. The fourth-order valence-corrected chi connectivity index (χ4v) is 2.68. The van der Waals surface area contributed by atoms with E-state index in [1.165, 1.54) is 4.90 Å². The number of rotatable bonds is 7. The molecule has 0 aliphatic carbocycles. The van der Waals surface area contributed by atoms with Crippen LogP contribution < -0.4 is 0 Å². The van der Waals surface area contributed by atoms with Gasteiger partial charge in [0.25, 0.3) is 5.91 Å². The third kappa shape index (κ3) is 4.57. The van der Waals surface area contributed by atoms with E-state index in [0.717, 1.165) is 11.1 Å². The van der Waals surface area contributed by atoms with Crippen molar-refractivity contribution in [2.45, 2.75) is 26.7 Å². The first-order valence-electron chi connectivity index (χ1n) is 8.49. The number of hydrogen-bond acceptors (Lipinski definition) is 3. The first-order chi connectivity index (χ1) is 12.3. The molecular formula is C21H23NO4. The SMILES string of the molecule is Cc1ccc(C(=O)c2ccccc2C(=O)N(C)CCCC(=O)O)cc1C. The standard InChI is InChI=1S/C21H23NO4/c1-14-10-11-16(13-15(14)2)20(25)17-7-4-5-8-18(17)21(26)22(3)12-6-9-19(23)24/h4-5,7-8,10-11,13H,6,9,12H2,1-3H3,(H,23,24). The van der Waals surface area contributed by atoms with Crippen LogP contribution in [0.1, 0.15) is 50.2 Å². The number of hydrogen-bond donors (Lipinski definition) is 1. The van der Waals surface area contributed by atoms with Gasteiger partial charge in [-0.25, -0.2) is 0 Å². The number of carbonyl (C=O) groups is 3. The number of benzene rings is 2. The normalized spacial score (nSPS) is 10.4. The van der Waals surface area contributed by atoms with Crippen LogP contribution in [0.15, 0.2) is 42.5 Å². The summed E-state index contributed by atoms with van der Waals surface area (Å²) in [6.45, 7) is 4.24. The number of carboxylic acids is 1. The zero-order valence-electron chi connectivity index (χ0n) is 15.3. The summed E-state index contributed by atoms with van der Waals surface area (Å²) in [5, 5.41) is 8.72. The summed E-state index contributed by atoms with van der Waals surface area (Å²) >= 11 is 0. The molecule has 0 heterocycles. The number of nitrogens with zero attached hydrogens (tertiary/aromatic N) is 1. The molecule has 136 valence electrons. The summed E-state index contributed by atoms with van der Waals surface area (Å²) < 4.78 is 0. The average molecular weight is 353 g/mol. The summed E-state index contributed by atoms with van der Waals surface area (Å²) in [7, 11) is 1.61. The van der Waals surface area contributed by atoms with E-state index in [-0.39, 0.29) is 18.1 Å². The molecule has 0 fully saturated rings. The Morgan fingerprint density at radius 2 is 1.62 bits per heavy atom. The zero-order chi connectivity index (χ0) is 19.3. The van der Waals surface area contributed by atoms with Crippen LogP contribution in [0, 0.1) is 13.8 Å². The van der Waals surface area contributed by atoms with Crippen molar-refractivity contribution in [2.75, 3.05) is 13.6 Å². The van der Waals surface area contributed by atoms with Crippen LogP contribution in [-0.2, 0) is 4.79 Å². The molecule has 2 rings (SSSR count). The Bertz CT molecular complexity index is 842. The second kappa shape index (κ2) is 8.43. The molecule has 0 saturated heterocycles. The van der Waals surface area contributed by atoms with E-state index in [1.807, 2.05) is 26.0 Å². The number of aryl methyl sites for hydroxylation is 2. The fourth-order valence-electron chi connectivity index (χ4n) is 2.68. The van der Waals surface area contributed by atoms with Crippen molar-refractivity contribution >= 4 is 17.7 Å². The Labute approximate surface area is 153 Å². The van der Waals surface area contributed by atoms with Crippen LogP contribution in [0.2, 0.25) is 0 Å². The lowest BCUT2D eigenvalue weighted by Gasteiger charge is -2.18. The summed E-state index contributed by atoms with van der Waals surface area (Å²) in [6.07, 6.45) is 0.367. The van der Waals surface area contributed by atoms with Crippen molar-refractivity contribution < 1.29 is 19.5 Å². The molecule has 5 heteroatoms. The molecular weight excluding hydrogens is 330 g/mol. The topological polar surface area (TPSA) is 74.7 Å². The third-order valence-corrected chi connectivity index (χ3v) is 4.40. The van der Waals surface area contributed by atoms with E-state index in [0.29, 0.717) is 29.7 Å². The largest absolute Gasteiger partial charge is 0.481 e. The summed E-state index contributed by atoms with van der Waals surface area (Å²) in [5.41, 5.74) is 3.34. The smallest absolute Gasteiger partial charge is 0.303 e. The van der Waals surface area contributed by atoms with Crippen molar-refractivity contribution in [3.63, 3.8) is 0 Å². The van der Waals surface area contributed by atoms with Gasteiger partial charge in [0.15, 0.2) is 5.78 Å². The highest BCUT2D eigenvalue weighted by Gasteiger charge is 2.20. The van der Waals surface area contributed by atoms with E-state index in [9.17, 15) is 14.4 Å². The number of carbonyl (C=O) groups excluding carboxylic acids is 2. The quantitative estimate of drug-likeness (QED) is 0.774. The summed E-state index contributed by atoms with van der Waals surface area (Å²) in [5.74, 6) is -1.38. The van der Waals surface area contributed by atoms with Gasteiger partial charge in [0, 0.05) is 31.1 Å². The van der Waals surface area contributed by atoms with Crippen LogP contribution >= 0.6 is 0 Å². The van der Waals surface area contributed by atoms with E-state index >= 15 is 0 Å². The van der Waals surface area contributed by atoms with Gasteiger partial charge in [-0.2, -0.15) is 0 Å². The third-order valence-electron chi connectivity index (χ3n) is 4.40.